The van der Waals surface area contributed by atoms with E-state index in [1.54, 1.807) is 0 Å². The number of rotatable bonds is 9. The fourth-order valence-corrected chi connectivity index (χ4v) is 2.03. The number of hydrogen-bond donors (Lipinski definition) is 1. The van der Waals surface area contributed by atoms with E-state index < -0.39 is 0 Å². The summed E-state index contributed by atoms with van der Waals surface area (Å²) in [5.74, 6) is 4.30. The van der Waals surface area contributed by atoms with Crippen LogP contribution in [0.3, 0.4) is 0 Å². The predicted molar refractivity (Wildman–Crippen MR) is 83.3 cm³/mol. The van der Waals surface area contributed by atoms with E-state index in [-0.39, 0.29) is 6.04 Å². The summed E-state index contributed by atoms with van der Waals surface area (Å²) in [6, 6.07) is 6.20. The molecule has 0 heterocycles. The van der Waals surface area contributed by atoms with Crippen molar-refractivity contribution in [2.45, 2.75) is 39.7 Å². The van der Waals surface area contributed by atoms with E-state index >= 15 is 0 Å². The molecule has 1 rings (SSSR count). The Hall–Kier alpha value is -1.66. The van der Waals surface area contributed by atoms with Crippen molar-refractivity contribution in [3.05, 3.63) is 23.8 Å². The maximum atomic E-state index is 5.66. The van der Waals surface area contributed by atoms with E-state index in [4.69, 9.17) is 15.9 Å². The second-order valence-electron chi connectivity index (χ2n) is 4.49. The fourth-order valence-electron chi connectivity index (χ4n) is 2.03. The molecule has 3 heteroatoms. The summed E-state index contributed by atoms with van der Waals surface area (Å²) in [7, 11) is 0. The van der Waals surface area contributed by atoms with Crippen molar-refractivity contribution in [2.75, 3.05) is 19.8 Å². The minimum atomic E-state index is 0.162. The maximum Gasteiger partial charge on any atom is 0.161 e. The summed E-state index contributed by atoms with van der Waals surface area (Å²) in [6.07, 6.45) is 7.21. The van der Waals surface area contributed by atoms with Gasteiger partial charge >= 0.3 is 0 Å². The average molecular weight is 275 g/mol. The Labute approximate surface area is 122 Å². The highest BCUT2D eigenvalue weighted by Crippen LogP contribution is 2.31. The van der Waals surface area contributed by atoms with Crippen LogP contribution in [0.1, 0.15) is 45.2 Å². The molecule has 0 fully saturated rings. The van der Waals surface area contributed by atoms with E-state index in [1.807, 2.05) is 26.0 Å². The lowest BCUT2D eigenvalue weighted by Gasteiger charge is -2.19. The summed E-state index contributed by atoms with van der Waals surface area (Å²) in [4.78, 5) is 0. The van der Waals surface area contributed by atoms with Gasteiger partial charge in [0.2, 0.25) is 0 Å². The number of nitrogens with one attached hydrogen (secondary N) is 1. The first-order chi connectivity index (χ1) is 9.76. The number of benzene rings is 1. The Morgan fingerprint density at radius 3 is 2.45 bits per heavy atom. The van der Waals surface area contributed by atoms with Gasteiger partial charge in [0.05, 0.1) is 13.2 Å². The minimum absolute atomic E-state index is 0.162. The molecule has 0 amide bonds. The summed E-state index contributed by atoms with van der Waals surface area (Å²) in [5, 5.41) is 3.47. The van der Waals surface area contributed by atoms with Crippen LogP contribution < -0.4 is 14.8 Å². The molecule has 1 aromatic rings. The van der Waals surface area contributed by atoms with E-state index in [0.717, 1.165) is 30.0 Å². The Kier molecular flexibility index (Phi) is 7.60. The van der Waals surface area contributed by atoms with E-state index in [9.17, 15) is 0 Å². The van der Waals surface area contributed by atoms with Crippen molar-refractivity contribution in [3.8, 4) is 23.8 Å². The summed E-state index contributed by atoms with van der Waals surface area (Å²) < 4.78 is 11.2. The third-order valence-corrected chi connectivity index (χ3v) is 2.93. The maximum absolute atomic E-state index is 5.66. The molecule has 1 unspecified atom stereocenters. The van der Waals surface area contributed by atoms with Crippen LogP contribution in [0.15, 0.2) is 18.2 Å². The quantitative estimate of drug-likeness (QED) is 0.699. The lowest BCUT2D eigenvalue weighted by molar-refractivity contribution is 0.287. The SMILES string of the molecule is C#CCC(NCCC)c1ccc(OCC)c(OCC)c1. The van der Waals surface area contributed by atoms with Crippen LogP contribution in [0.5, 0.6) is 11.5 Å². The smallest absolute Gasteiger partial charge is 0.161 e. The largest absolute Gasteiger partial charge is 0.490 e. The molecule has 1 N–H and O–H groups in total. The third-order valence-electron chi connectivity index (χ3n) is 2.93. The molecule has 0 aromatic heterocycles. The topological polar surface area (TPSA) is 30.5 Å². The van der Waals surface area contributed by atoms with Gasteiger partial charge in [-0.3, -0.25) is 0 Å². The zero-order valence-electron chi connectivity index (χ0n) is 12.7. The van der Waals surface area contributed by atoms with Crippen molar-refractivity contribution in [1.82, 2.24) is 5.32 Å². The third kappa shape index (κ3) is 4.79. The van der Waals surface area contributed by atoms with Crippen molar-refractivity contribution >= 4 is 0 Å². The molecule has 0 spiro atoms. The van der Waals surface area contributed by atoms with Gasteiger partial charge in [-0.15, -0.1) is 12.3 Å². The molecule has 0 bridgehead atoms. The number of hydrogen-bond acceptors (Lipinski definition) is 3. The monoisotopic (exact) mass is 275 g/mol. The second kappa shape index (κ2) is 9.28. The van der Waals surface area contributed by atoms with Crippen LogP contribution in [0.25, 0.3) is 0 Å². The molecule has 0 aliphatic carbocycles. The molecule has 0 saturated heterocycles. The highest BCUT2D eigenvalue weighted by atomic mass is 16.5. The van der Waals surface area contributed by atoms with Crippen LogP contribution >= 0.6 is 0 Å². The first kappa shape index (κ1) is 16.4. The van der Waals surface area contributed by atoms with Crippen LogP contribution in [0.2, 0.25) is 0 Å². The lowest BCUT2D eigenvalue weighted by atomic mass is 10.0. The van der Waals surface area contributed by atoms with Gasteiger partial charge in [0.1, 0.15) is 0 Å². The highest BCUT2D eigenvalue weighted by molar-refractivity contribution is 5.44. The van der Waals surface area contributed by atoms with E-state index in [0.29, 0.717) is 19.6 Å². The van der Waals surface area contributed by atoms with Crippen molar-refractivity contribution < 1.29 is 9.47 Å². The van der Waals surface area contributed by atoms with Gasteiger partial charge < -0.3 is 14.8 Å². The first-order valence-corrected chi connectivity index (χ1v) is 7.33. The van der Waals surface area contributed by atoms with Crippen LogP contribution in [-0.2, 0) is 0 Å². The highest BCUT2D eigenvalue weighted by Gasteiger charge is 2.13. The fraction of sp³-hybridized carbons (Fsp3) is 0.529. The van der Waals surface area contributed by atoms with Crippen molar-refractivity contribution in [2.24, 2.45) is 0 Å². The van der Waals surface area contributed by atoms with Crippen molar-refractivity contribution in [1.29, 1.82) is 0 Å². The molecule has 0 aliphatic rings. The van der Waals surface area contributed by atoms with Crippen LogP contribution in [0.4, 0.5) is 0 Å². The minimum Gasteiger partial charge on any atom is -0.490 e. The lowest BCUT2D eigenvalue weighted by Crippen LogP contribution is -2.21. The number of terminal acetylenes is 1. The molecular weight excluding hydrogens is 250 g/mol. The van der Waals surface area contributed by atoms with E-state index in [1.165, 1.54) is 0 Å². The summed E-state index contributed by atoms with van der Waals surface area (Å²) in [6.45, 7) is 8.27. The molecule has 110 valence electrons. The van der Waals surface area contributed by atoms with Gasteiger partial charge in [-0.2, -0.15) is 0 Å². The van der Waals surface area contributed by atoms with Crippen LogP contribution in [-0.4, -0.2) is 19.8 Å². The van der Waals surface area contributed by atoms with Crippen LogP contribution in [0, 0.1) is 12.3 Å². The first-order valence-electron chi connectivity index (χ1n) is 7.33. The zero-order chi connectivity index (χ0) is 14.8. The molecule has 0 aliphatic heterocycles. The van der Waals surface area contributed by atoms with Gasteiger partial charge in [0.15, 0.2) is 11.5 Å². The second-order valence-corrected chi connectivity index (χ2v) is 4.49. The Morgan fingerprint density at radius 2 is 1.85 bits per heavy atom. The van der Waals surface area contributed by atoms with Gasteiger partial charge in [0, 0.05) is 12.5 Å². The molecule has 1 aromatic carbocycles. The molecule has 20 heavy (non-hydrogen) atoms. The normalized spacial score (nSPS) is 11.7. The van der Waals surface area contributed by atoms with E-state index in [2.05, 4.69) is 24.2 Å². The molecule has 0 radical (unpaired) electrons. The number of ether oxygens (including phenoxy) is 2. The summed E-state index contributed by atoms with van der Waals surface area (Å²) >= 11 is 0. The molecule has 1 atom stereocenters. The molecule has 3 nitrogen and oxygen atoms in total. The molecular formula is C17H25NO2. The standard InChI is InChI=1S/C17H25NO2/c1-5-9-15(18-12-6-2)14-10-11-16(19-7-3)17(13-14)20-8-4/h1,10-11,13,15,18H,6-9,12H2,2-4H3. The van der Waals surface area contributed by atoms with Crippen molar-refractivity contribution in [3.63, 3.8) is 0 Å². The molecule has 0 saturated carbocycles. The Balaban J connectivity index is 2.97. The van der Waals surface area contributed by atoms with Gasteiger partial charge in [-0.05, 0) is 44.5 Å². The van der Waals surface area contributed by atoms with Gasteiger partial charge in [-0.25, -0.2) is 0 Å². The predicted octanol–water partition coefficient (Wildman–Crippen LogP) is 3.55. The summed E-state index contributed by atoms with van der Waals surface area (Å²) in [5.41, 5.74) is 1.14. The van der Waals surface area contributed by atoms with Gasteiger partial charge in [0.25, 0.3) is 0 Å². The zero-order valence-corrected chi connectivity index (χ0v) is 12.7. The Morgan fingerprint density at radius 1 is 1.15 bits per heavy atom. The Bertz CT molecular complexity index is 437. The van der Waals surface area contributed by atoms with Gasteiger partial charge in [-0.1, -0.05) is 13.0 Å². The average Bonchev–Trinajstić information content (AvgIpc) is 2.46.